The Bertz CT molecular complexity index is 875. The van der Waals surface area contributed by atoms with Crippen molar-refractivity contribution in [2.24, 2.45) is 0 Å². The molecule has 2 aromatic heterocycles. The molecule has 0 saturated carbocycles. The van der Waals surface area contributed by atoms with Gasteiger partial charge in [0.2, 0.25) is 0 Å². The smallest absolute Gasteiger partial charge is 0.138 e. The maximum atomic E-state index is 5.37. The Morgan fingerprint density at radius 2 is 2.04 bits per heavy atom. The summed E-state index contributed by atoms with van der Waals surface area (Å²) in [7, 11) is 6.04. The summed E-state index contributed by atoms with van der Waals surface area (Å²) < 4.78 is 5.37. The van der Waals surface area contributed by atoms with Crippen molar-refractivity contribution in [3.8, 4) is 5.75 Å². The van der Waals surface area contributed by atoms with E-state index in [-0.39, 0.29) is 0 Å². The maximum Gasteiger partial charge on any atom is 0.138 e. The summed E-state index contributed by atoms with van der Waals surface area (Å²) in [5, 5.41) is 4.69. The first-order valence-corrected chi connectivity index (χ1v) is 9.21. The van der Waals surface area contributed by atoms with Crippen molar-refractivity contribution in [3.63, 3.8) is 0 Å². The lowest BCUT2D eigenvalue weighted by molar-refractivity contribution is -0.890. The van der Waals surface area contributed by atoms with Crippen molar-refractivity contribution in [1.82, 2.24) is 9.97 Å². The van der Waals surface area contributed by atoms with Crippen molar-refractivity contribution < 1.29 is 9.64 Å². The van der Waals surface area contributed by atoms with E-state index in [1.54, 1.807) is 24.8 Å². The Morgan fingerprint density at radius 3 is 2.76 bits per heavy atom. The van der Waals surface area contributed by atoms with Gasteiger partial charge in [0.25, 0.3) is 0 Å². The van der Waals surface area contributed by atoms with Crippen LogP contribution in [0.15, 0.2) is 30.6 Å². The molecule has 0 aliphatic rings. The first-order valence-electron chi connectivity index (χ1n) is 8.39. The first kappa shape index (κ1) is 17.6. The van der Waals surface area contributed by atoms with Gasteiger partial charge < -0.3 is 15.0 Å². The van der Waals surface area contributed by atoms with Gasteiger partial charge in [0.1, 0.15) is 28.8 Å². The molecule has 2 N–H and O–H groups in total. The van der Waals surface area contributed by atoms with Gasteiger partial charge in [-0.2, -0.15) is 0 Å². The lowest BCUT2D eigenvalue weighted by Gasteiger charge is -2.23. The molecule has 2 heterocycles. The lowest BCUT2D eigenvalue weighted by atomic mass is 10.1. The number of quaternary nitrogens is 1. The van der Waals surface area contributed by atoms with Crippen LogP contribution in [0.3, 0.4) is 0 Å². The normalized spacial score (nSPS) is 12.6. The number of likely N-dealkylation sites (N-methyl/N-ethyl adjacent to an activating group) is 1. The molecule has 0 saturated heterocycles. The van der Waals surface area contributed by atoms with Crippen molar-refractivity contribution in [3.05, 3.63) is 46.6 Å². The predicted molar refractivity (Wildman–Crippen MR) is 104 cm³/mol. The van der Waals surface area contributed by atoms with Gasteiger partial charge in [-0.25, -0.2) is 9.97 Å². The van der Waals surface area contributed by atoms with Crippen LogP contribution in [0.4, 0.5) is 5.82 Å². The van der Waals surface area contributed by atoms with Crippen molar-refractivity contribution >= 4 is 27.4 Å². The zero-order valence-corrected chi connectivity index (χ0v) is 16.2. The van der Waals surface area contributed by atoms with Gasteiger partial charge in [0.15, 0.2) is 0 Å². The number of thiophene rings is 1. The number of hydrogen-bond acceptors (Lipinski definition) is 5. The number of fused-ring (bicyclic) bond motifs is 1. The molecule has 3 aromatic rings. The number of methoxy groups -OCH3 is 1. The molecule has 0 aliphatic heterocycles. The van der Waals surface area contributed by atoms with Crippen LogP contribution >= 0.6 is 11.3 Å². The van der Waals surface area contributed by atoms with Gasteiger partial charge in [-0.1, -0.05) is 12.1 Å². The average Bonchev–Trinajstić information content (AvgIpc) is 2.90. The van der Waals surface area contributed by atoms with Crippen LogP contribution in [-0.2, 0) is 0 Å². The number of hydrogen-bond donors (Lipinski definition) is 2. The van der Waals surface area contributed by atoms with Crippen molar-refractivity contribution in [2.45, 2.75) is 19.9 Å². The molecule has 1 aromatic carbocycles. The number of rotatable bonds is 6. The quantitative estimate of drug-likeness (QED) is 0.712. The fraction of sp³-hybridized carbons (Fsp3) is 0.368. The summed E-state index contributed by atoms with van der Waals surface area (Å²) in [6.07, 6.45) is 1.64. The van der Waals surface area contributed by atoms with E-state index in [9.17, 15) is 0 Å². The SMILES string of the molecule is COc1cccc([C@@H](CNc2ncnc3sc(C)c(C)c23)[NH+](C)C)c1. The molecule has 5 nitrogen and oxygen atoms in total. The number of benzene rings is 1. The van der Waals surface area contributed by atoms with E-state index in [1.807, 2.05) is 12.1 Å². The third-order valence-corrected chi connectivity index (χ3v) is 5.75. The summed E-state index contributed by atoms with van der Waals surface area (Å²) in [5.74, 6) is 1.80. The molecule has 25 heavy (non-hydrogen) atoms. The molecule has 0 aliphatic carbocycles. The van der Waals surface area contributed by atoms with E-state index in [4.69, 9.17) is 4.74 Å². The molecule has 0 unspecified atom stereocenters. The van der Waals surface area contributed by atoms with Crippen molar-refractivity contribution in [1.29, 1.82) is 0 Å². The van der Waals surface area contributed by atoms with E-state index in [0.29, 0.717) is 6.04 Å². The van der Waals surface area contributed by atoms with E-state index >= 15 is 0 Å². The third-order valence-electron chi connectivity index (χ3n) is 4.63. The largest absolute Gasteiger partial charge is 0.497 e. The van der Waals surface area contributed by atoms with E-state index < -0.39 is 0 Å². The molecule has 6 heteroatoms. The third kappa shape index (κ3) is 3.60. The topological polar surface area (TPSA) is 51.5 Å². The second-order valence-corrected chi connectivity index (χ2v) is 7.68. The summed E-state index contributed by atoms with van der Waals surface area (Å²) in [6.45, 7) is 5.06. The minimum Gasteiger partial charge on any atom is -0.497 e. The molecular formula is C19H25N4OS+. The Morgan fingerprint density at radius 1 is 1.24 bits per heavy atom. The number of anilines is 1. The predicted octanol–water partition coefficient (Wildman–Crippen LogP) is 2.61. The fourth-order valence-corrected chi connectivity index (χ4v) is 4.03. The fourth-order valence-electron chi connectivity index (χ4n) is 3.03. The lowest BCUT2D eigenvalue weighted by Crippen LogP contribution is -3.06. The highest BCUT2D eigenvalue weighted by molar-refractivity contribution is 7.18. The second-order valence-electron chi connectivity index (χ2n) is 6.47. The summed E-state index contributed by atoms with van der Waals surface area (Å²) in [5.41, 5.74) is 2.51. The molecule has 0 radical (unpaired) electrons. The average molecular weight is 358 g/mol. The van der Waals surface area contributed by atoms with Crippen LogP contribution in [0.2, 0.25) is 0 Å². The van der Waals surface area contributed by atoms with Gasteiger partial charge >= 0.3 is 0 Å². The Kier molecular flexibility index (Phi) is 5.20. The standard InChI is InChI=1S/C19H24N4OS/c1-12-13(2)25-19-17(12)18(21-11-22-19)20-10-16(23(3)4)14-7-6-8-15(9-14)24-5/h6-9,11,16H,10H2,1-5H3,(H,20,21,22)/p+1/t16-/m1/s1. The van der Waals surface area contributed by atoms with Crippen LogP contribution in [0.5, 0.6) is 5.75 Å². The van der Waals surface area contributed by atoms with Crippen LogP contribution in [-0.4, -0.2) is 37.7 Å². The molecular weight excluding hydrogens is 332 g/mol. The minimum atomic E-state index is 0.292. The van der Waals surface area contributed by atoms with Crippen LogP contribution < -0.4 is 15.0 Å². The Balaban J connectivity index is 1.87. The maximum absolute atomic E-state index is 5.37. The molecule has 0 fully saturated rings. The van der Waals surface area contributed by atoms with Gasteiger partial charge in [-0.3, -0.25) is 0 Å². The summed E-state index contributed by atoms with van der Waals surface area (Å²) in [4.78, 5) is 12.6. The highest BCUT2D eigenvalue weighted by atomic mass is 32.1. The number of nitrogens with zero attached hydrogens (tertiary/aromatic N) is 2. The molecule has 0 spiro atoms. The molecule has 0 amide bonds. The highest BCUT2D eigenvalue weighted by Crippen LogP contribution is 2.32. The highest BCUT2D eigenvalue weighted by Gasteiger charge is 2.20. The Labute approximate surface area is 152 Å². The summed E-state index contributed by atoms with van der Waals surface area (Å²) >= 11 is 1.72. The summed E-state index contributed by atoms with van der Waals surface area (Å²) in [6, 6.07) is 8.57. The number of aryl methyl sites for hydroxylation is 2. The second kappa shape index (κ2) is 7.37. The van der Waals surface area contributed by atoms with Gasteiger partial charge in [-0.15, -0.1) is 11.3 Å². The zero-order valence-electron chi connectivity index (χ0n) is 15.4. The van der Waals surface area contributed by atoms with Gasteiger partial charge in [-0.05, 0) is 31.5 Å². The zero-order chi connectivity index (χ0) is 18.0. The van der Waals surface area contributed by atoms with Crippen LogP contribution in [0.1, 0.15) is 22.0 Å². The molecule has 0 bridgehead atoms. The number of ether oxygens (including phenoxy) is 1. The molecule has 3 rings (SSSR count). The van der Waals surface area contributed by atoms with Crippen molar-refractivity contribution in [2.75, 3.05) is 33.1 Å². The molecule has 132 valence electrons. The number of aromatic nitrogens is 2. The first-order chi connectivity index (χ1) is 12.0. The van der Waals surface area contributed by atoms with Gasteiger partial charge in [0, 0.05) is 10.4 Å². The Hall–Kier alpha value is -2.18. The molecule has 1 atom stereocenters. The van der Waals surface area contributed by atoms with Gasteiger partial charge in [0.05, 0.1) is 33.1 Å². The van der Waals surface area contributed by atoms with E-state index in [1.165, 1.54) is 20.9 Å². The van der Waals surface area contributed by atoms with E-state index in [2.05, 4.69) is 55.4 Å². The minimum absolute atomic E-state index is 0.292. The van der Waals surface area contributed by atoms with E-state index in [0.717, 1.165) is 28.3 Å². The monoisotopic (exact) mass is 357 g/mol. The van der Waals surface area contributed by atoms with Crippen LogP contribution in [0, 0.1) is 13.8 Å². The number of nitrogens with one attached hydrogen (secondary N) is 2. The van der Waals surface area contributed by atoms with Crippen LogP contribution in [0.25, 0.3) is 10.2 Å².